The van der Waals surface area contributed by atoms with E-state index in [9.17, 15) is 4.79 Å². The fraction of sp³-hybridized carbons (Fsp3) is 0.588. The third-order valence-corrected chi connectivity index (χ3v) is 3.92. The summed E-state index contributed by atoms with van der Waals surface area (Å²) in [6.07, 6.45) is 2.12. The topological polar surface area (TPSA) is 41.6 Å². The summed E-state index contributed by atoms with van der Waals surface area (Å²) in [5, 5.41) is 3.50. The Morgan fingerprint density at radius 1 is 1.29 bits per heavy atom. The average molecular weight is 290 g/mol. The van der Waals surface area contributed by atoms with Crippen molar-refractivity contribution in [3.8, 4) is 0 Å². The van der Waals surface area contributed by atoms with Crippen LogP contribution in [0.5, 0.6) is 0 Å². The summed E-state index contributed by atoms with van der Waals surface area (Å²) >= 11 is 0. The minimum Gasteiger partial charge on any atom is -0.378 e. The fourth-order valence-electron chi connectivity index (χ4n) is 2.75. The van der Waals surface area contributed by atoms with Gasteiger partial charge in [-0.2, -0.15) is 0 Å². The molecule has 1 aromatic rings. The van der Waals surface area contributed by atoms with E-state index in [-0.39, 0.29) is 18.0 Å². The molecule has 1 aliphatic rings. The summed E-state index contributed by atoms with van der Waals surface area (Å²) in [5.41, 5.74) is 1.25. The predicted octanol–water partition coefficient (Wildman–Crippen LogP) is 2.36. The Bertz CT molecular complexity index is 430. The van der Waals surface area contributed by atoms with E-state index in [4.69, 9.17) is 4.74 Å². The molecular weight excluding hydrogens is 264 g/mol. The van der Waals surface area contributed by atoms with Gasteiger partial charge in [0.25, 0.3) is 0 Å². The van der Waals surface area contributed by atoms with Crippen LogP contribution in [0, 0.1) is 0 Å². The number of carbonyl (C=O) groups is 1. The maximum atomic E-state index is 12.5. The second-order valence-electron chi connectivity index (χ2n) is 5.58. The molecule has 1 N–H and O–H groups in total. The quantitative estimate of drug-likeness (QED) is 0.874. The molecular formula is C17H26N2O2. The highest BCUT2D eigenvalue weighted by atomic mass is 16.5. The largest absolute Gasteiger partial charge is 0.378 e. The molecule has 0 aromatic heterocycles. The van der Waals surface area contributed by atoms with E-state index in [1.54, 1.807) is 0 Å². The van der Waals surface area contributed by atoms with Crippen LogP contribution in [-0.2, 0) is 9.53 Å². The van der Waals surface area contributed by atoms with Gasteiger partial charge < -0.3 is 9.64 Å². The number of nitrogens with zero attached hydrogens (tertiary/aromatic N) is 1. The number of morpholine rings is 1. The lowest BCUT2D eigenvalue weighted by atomic mass is 10.0. The molecule has 1 fully saturated rings. The van der Waals surface area contributed by atoms with E-state index in [0.29, 0.717) is 26.3 Å². The normalized spacial score (nSPS) is 18.3. The van der Waals surface area contributed by atoms with E-state index < -0.39 is 0 Å². The Kier molecular flexibility index (Phi) is 6.21. The Balaban J connectivity index is 1.97. The maximum absolute atomic E-state index is 12.5. The number of benzene rings is 1. The van der Waals surface area contributed by atoms with Gasteiger partial charge in [-0.3, -0.25) is 10.1 Å². The molecule has 4 heteroatoms. The molecule has 116 valence electrons. The Hall–Kier alpha value is -1.39. The van der Waals surface area contributed by atoms with Gasteiger partial charge in [0.1, 0.15) is 0 Å². The Morgan fingerprint density at radius 2 is 1.95 bits per heavy atom. The van der Waals surface area contributed by atoms with Crippen LogP contribution < -0.4 is 5.32 Å². The molecule has 21 heavy (non-hydrogen) atoms. The Labute approximate surface area is 127 Å². The molecule has 0 spiro atoms. The number of amides is 1. The highest BCUT2D eigenvalue weighted by Crippen LogP contribution is 2.19. The summed E-state index contributed by atoms with van der Waals surface area (Å²) < 4.78 is 5.30. The molecule has 0 aliphatic carbocycles. The second kappa shape index (κ2) is 8.15. The van der Waals surface area contributed by atoms with Crippen molar-refractivity contribution in [2.75, 3.05) is 26.3 Å². The minimum atomic E-state index is -0.167. The molecule has 2 unspecified atom stereocenters. The van der Waals surface area contributed by atoms with Crippen LogP contribution >= 0.6 is 0 Å². The van der Waals surface area contributed by atoms with E-state index in [1.165, 1.54) is 5.56 Å². The second-order valence-corrected chi connectivity index (χ2v) is 5.58. The van der Waals surface area contributed by atoms with Crippen LogP contribution in [0.1, 0.15) is 38.3 Å². The summed E-state index contributed by atoms with van der Waals surface area (Å²) in [7, 11) is 0. The number of rotatable bonds is 6. The highest BCUT2D eigenvalue weighted by Gasteiger charge is 2.24. The van der Waals surface area contributed by atoms with E-state index >= 15 is 0 Å². The van der Waals surface area contributed by atoms with Gasteiger partial charge in [0.05, 0.1) is 19.3 Å². The van der Waals surface area contributed by atoms with Crippen LogP contribution in [0.15, 0.2) is 30.3 Å². The van der Waals surface area contributed by atoms with Crippen molar-refractivity contribution in [1.82, 2.24) is 10.2 Å². The molecule has 1 aromatic carbocycles. The van der Waals surface area contributed by atoms with Gasteiger partial charge in [-0.15, -0.1) is 0 Å². The van der Waals surface area contributed by atoms with Crippen molar-refractivity contribution in [2.45, 2.75) is 38.8 Å². The van der Waals surface area contributed by atoms with Gasteiger partial charge in [0, 0.05) is 19.1 Å². The molecule has 1 amide bonds. The van der Waals surface area contributed by atoms with Crippen LogP contribution in [-0.4, -0.2) is 43.2 Å². The van der Waals surface area contributed by atoms with Crippen LogP contribution in [0.25, 0.3) is 0 Å². The summed E-state index contributed by atoms with van der Waals surface area (Å²) in [6, 6.07) is 10.4. The van der Waals surface area contributed by atoms with Gasteiger partial charge in [-0.25, -0.2) is 0 Å². The van der Waals surface area contributed by atoms with E-state index in [1.807, 2.05) is 30.0 Å². The van der Waals surface area contributed by atoms with Crippen molar-refractivity contribution < 1.29 is 9.53 Å². The molecule has 0 radical (unpaired) electrons. The van der Waals surface area contributed by atoms with Crippen molar-refractivity contribution in [3.63, 3.8) is 0 Å². The summed E-state index contributed by atoms with van der Waals surface area (Å²) in [4.78, 5) is 14.4. The van der Waals surface area contributed by atoms with Crippen molar-refractivity contribution in [1.29, 1.82) is 0 Å². The fourth-order valence-corrected chi connectivity index (χ4v) is 2.75. The van der Waals surface area contributed by atoms with Gasteiger partial charge in [0.15, 0.2) is 0 Å². The highest BCUT2D eigenvalue weighted by molar-refractivity contribution is 5.81. The van der Waals surface area contributed by atoms with Crippen molar-refractivity contribution in [3.05, 3.63) is 35.9 Å². The van der Waals surface area contributed by atoms with Crippen molar-refractivity contribution >= 4 is 5.91 Å². The van der Waals surface area contributed by atoms with Gasteiger partial charge in [-0.1, -0.05) is 43.7 Å². The lowest BCUT2D eigenvalue weighted by molar-refractivity contribution is -0.137. The lowest BCUT2D eigenvalue weighted by Gasteiger charge is -2.31. The molecule has 0 bridgehead atoms. The van der Waals surface area contributed by atoms with Gasteiger partial charge in [-0.05, 0) is 18.9 Å². The van der Waals surface area contributed by atoms with Crippen LogP contribution in [0.3, 0.4) is 0 Å². The molecule has 4 nitrogen and oxygen atoms in total. The molecule has 1 aliphatic heterocycles. The minimum absolute atomic E-state index is 0.167. The Morgan fingerprint density at radius 3 is 2.57 bits per heavy atom. The number of nitrogens with one attached hydrogen (secondary N) is 1. The van der Waals surface area contributed by atoms with Gasteiger partial charge >= 0.3 is 0 Å². The number of carbonyl (C=O) groups excluding carboxylic acids is 1. The predicted molar refractivity (Wildman–Crippen MR) is 84.1 cm³/mol. The monoisotopic (exact) mass is 290 g/mol. The van der Waals surface area contributed by atoms with E-state index in [0.717, 1.165) is 12.8 Å². The molecule has 1 heterocycles. The smallest absolute Gasteiger partial charge is 0.239 e. The zero-order valence-electron chi connectivity index (χ0n) is 13.0. The average Bonchev–Trinajstić information content (AvgIpc) is 2.55. The van der Waals surface area contributed by atoms with Crippen molar-refractivity contribution in [2.24, 2.45) is 0 Å². The molecule has 0 saturated carbocycles. The maximum Gasteiger partial charge on any atom is 0.239 e. The standard InChI is InChI=1S/C17H26N2O2/c1-3-7-16(15-8-5-4-6-9-15)18-14(2)17(20)19-10-12-21-13-11-19/h4-6,8-9,14,16,18H,3,7,10-13H2,1-2H3. The zero-order chi connectivity index (χ0) is 15.1. The first-order chi connectivity index (χ1) is 10.2. The van der Waals surface area contributed by atoms with Crippen LogP contribution in [0.2, 0.25) is 0 Å². The third kappa shape index (κ3) is 4.55. The first kappa shape index (κ1) is 16.0. The molecule has 2 atom stereocenters. The first-order valence-electron chi connectivity index (χ1n) is 7.90. The van der Waals surface area contributed by atoms with Crippen LogP contribution in [0.4, 0.5) is 0 Å². The summed E-state index contributed by atoms with van der Waals surface area (Å²) in [6.45, 7) is 6.84. The lowest BCUT2D eigenvalue weighted by Crippen LogP contribution is -2.49. The summed E-state index contributed by atoms with van der Waals surface area (Å²) in [5.74, 6) is 0.176. The third-order valence-electron chi connectivity index (χ3n) is 3.92. The van der Waals surface area contributed by atoms with Gasteiger partial charge in [0.2, 0.25) is 5.91 Å². The van der Waals surface area contributed by atoms with E-state index in [2.05, 4.69) is 24.4 Å². The SMILES string of the molecule is CCCC(NC(C)C(=O)N1CCOCC1)c1ccccc1. The molecule has 2 rings (SSSR count). The first-order valence-corrected chi connectivity index (χ1v) is 7.90. The number of hydrogen-bond donors (Lipinski definition) is 1. The number of ether oxygens (including phenoxy) is 1. The molecule has 1 saturated heterocycles. The number of hydrogen-bond acceptors (Lipinski definition) is 3. The zero-order valence-corrected chi connectivity index (χ0v) is 13.0.